The van der Waals surface area contributed by atoms with Gasteiger partial charge < -0.3 is 0 Å². The summed E-state index contributed by atoms with van der Waals surface area (Å²) in [6.45, 7) is -2.34. The van der Waals surface area contributed by atoms with Crippen LogP contribution < -0.4 is 0 Å². The van der Waals surface area contributed by atoms with Gasteiger partial charge in [-0.2, -0.15) is 0 Å². The first kappa shape index (κ1) is 13.3. The Bertz CT molecular complexity index is 420. The third-order valence-corrected chi connectivity index (χ3v) is 1.59. The van der Waals surface area contributed by atoms with Gasteiger partial charge in [0.25, 0.3) is 19.6 Å². The fraction of sp³-hybridized carbons (Fsp3) is 0.500. The van der Waals surface area contributed by atoms with Gasteiger partial charge in [-0.05, 0) is 0 Å². The van der Waals surface area contributed by atoms with E-state index in [4.69, 9.17) is 0 Å². The summed E-state index contributed by atoms with van der Waals surface area (Å²) < 4.78 is 0. The highest BCUT2D eigenvalue weighted by Gasteiger charge is 2.16. The highest BCUT2D eigenvalue weighted by Crippen LogP contribution is 2.01. The van der Waals surface area contributed by atoms with Crippen molar-refractivity contribution in [3.63, 3.8) is 0 Å². The summed E-state index contributed by atoms with van der Waals surface area (Å²) in [7, 11) is 0. The molecule has 0 aliphatic heterocycles. The third-order valence-electron chi connectivity index (χ3n) is 1.59. The first-order valence-corrected chi connectivity index (χ1v) is 4.45. The molecule has 1 heterocycles. The van der Waals surface area contributed by atoms with Crippen LogP contribution in [0, 0.1) is 30.3 Å². The van der Waals surface area contributed by atoms with E-state index >= 15 is 0 Å². The average molecular weight is 258 g/mol. The zero-order valence-corrected chi connectivity index (χ0v) is 8.75. The maximum absolute atomic E-state index is 10.3. The SMILES string of the molecule is O=[N+]([O-])Cc1nc(C[N+](=O)[O-])nc(C[N+](=O)[O-])n1. The lowest BCUT2D eigenvalue weighted by Gasteiger charge is -2.00. The van der Waals surface area contributed by atoms with Gasteiger partial charge in [-0.25, -0.2) is 15.0 Å². The molecule has 0 aromatic carbocycles. The van der Waals surface area contributed by atoms with Gasteiger partial charge in [-0.3, -0.25) is 30.3 Å². The number of rotatable bonds is 6. The molecule has 18 heavy (non-hydrogen) atoms. The van der Waals surface area contributed by atoms with Crippen LogP contribution in [-0.4, -0.2) is 29.7 Å². The second-order valence-corrected chi connectivity index (χ2v) is 3.06. The molecule has 0 fully saturated rings. The fourth-order valence-corrected chi connectivity index (χ4v) is 1.08. The Morgan fingerprint density at radius 1 is 0.667 bits per heavy atom. The van der Waals surface area contributed by atoms with E-state index in [2.05, 4.69) is 15.0 Å². The molecule has 1 aromatic rings. The number of nitro groups is 3. The molecule has 12 heteroatoms. The number of nitrogens with zero attached hydrogens (tertiary/aromatic N) is 6. The van der Waals surface area contributed by atoms with Crippen LogP contribution in [0.25, 0.3) is 0 Å². The minimum atomic E-state index is -0.780. The van der Waals surface area contributed by atoms with E-state index in [0.717, 1.165) is 0 Å². The molecule has 1 rings (SSSR count). The Morgan fingerprint density at radius 2 is 0.889 bits per heavy atom. The molecule has 0 spiro atoms. The van der Waals surface area contributed by atoms with Gasteiger partial charge in [0.2, 0.25) is 17.5 Å². The molecule has 0 N–H and O–H groups in total. The van der Waals surface area contributed by atoms with Crippen molar-refractivity contribution in [2.24, 2.45) is 0 Å². The molecule has 1 aromatic heterocycles. The Morgan fingerprint density at radius 3 is 1.06 bits per heavy atom. The van der Waals surface area contributed by atoms with Gasteiger partial charge in [0.1, 0.15) is 0 Å². The first-order valence-electron chi connectivity index (χ1n) is 4.45. The largest absolute Gasteiger partial charge is 0.264 e. The predicted octanol–water partition coefficient (Wildman–Crippen LogP) is -0.798. The number of hydrogen-bond donors (Lipinski definition) is 0. The fourth-order valence-electron chi connectivity index (χ4n) is 1.08. The summed E-state index contributed by atoms with van der Waals surface area (Å²) in [5.41, 5.74) is 0. The van der Waals surface area contributed by atoms with Crippen molar-refractivity contribution < 1.29 is 14.8 Å². The molecule has 0 saturated carbocycles. The Hall–Kier alpha value is -2.79. The van der Waals surface area contributed by atoms with E-state index in [-0.39, 0.29) is 17.5 Å². The normalized spacial score (nSPS) is 10.0. The molecule has 0 radical (unpaired) electrons. The number of aromatic nitrogens is 3. The van der Waals surface area contributed by atoms with Gasteiger partial charge in [-0.1, -0.05) is 0 Å². The molecule has 0 unspecified atom stereocenters. The monoisotopic (exact) mass is 258 g/mol. The Balaban J connectivity index is 3.06. The molecular formula is C6H6N6O6. The van der Waals surface area contributed by atoms with Crippen LogP contribution in [0.2, 0.25) is 0 Å². The topological polar surface area (TPSA) is 168 Å². The van der Waals surface area contributed by atoms with Gasteiger partial charge >= 0.3 is 0 Å². The third kappa shape index (κ3) is 4.38. The summed E-state index contributed by atoms with van der Waals surface area (Å²) in [5.74, 6) is -1.03. The van der Waals surface area contributed by atoms with Crippen molar-refractivity contribution in [3.05, 3.63) is 47.8 Å². The van der Waals surface area contributed by atoms with E-state index in [0.29, 0.717) is 0 Å². The molecule has 0 atom stereocenters. The van der Waals surface area contributed by atoms with E-state index in [1.54, 1.807) is 0 Å². The van der Waals surface area contributed by atoms with Crippen molar-refractivity contribution in [1.29, 1.82) is 0 Å². The van der Waals surface area contributed by atoms with Crippen LogP contribution in [0.3, 0.4) is 0 Å². The average Bonchev–Trinajstić information content (AvgIpc) is 2.12. The minimum Gasteiger partial charge on any atom is -0.264 e. The summed E-state index contributed by atoms with van der Waals surface area (Å²) in [6, 6.07) is 0. The molecular weight excluding hydrogens is 252 g/mol. The minimum absolute atomic E-state index is 0.344. The summed E-state index contributed by atoms with van der Waals surface area (Å²) in [5, 5.41) is 30.8. The molecule has 0 aliphatic carbocycles. The van der Waals surface area contributed by atoms with E-state index in [9.17, 15) is 30.3 Å². The lowest BCUT2D eigenvalue weighted by atomic mass is 10.5. The van der Waals surface area contributed by atoms with Gasteiger partial charge in [0.05, 0.1) is 0 Å². The summed E-state index contributed by atoms with van der Waals surface area (Å²) >= 11 is 0. The molecule has 0 aliphatic rings. The lowest BCUT2D eigenvalue weighted by Crippen LogP contribution is -2.15. The highest BCUT2D eigenvalue weighted by molar-refractivity contribution is 4.95. The number of hydrogen-bond acceptors (Lipinski definition) is 9. The molecule has 0 saturated heterocycles. The predicted molar refractivity (Wildman–Crippen MR) is 51.9 cm³/mol. The first-order chi connectivity index (χ1) is 8.36. The van der Waals surface area contributed by atoms with Crippen molar-refractivity contribution in [1.82, 2.24) is 15.0 Å². The van der Waals surface area contributed by atoms with Gasteiger partial charge in [0.15, 0.2) is 0 Å². The highest BCUT2D eigenvalue weighted by atomic mass is 16.6. The second-order valence-electron chi connectivity index (χ2n) is 3.06. The zero-order valence-electron chi connectivity index (χ0n) is 8.75. The molecule has 0 amide bonds. The van der Waals surface area contributed by atoms with E-state index in [1.807, 2.05) is 0 Å². The van der Waals surface area contributed by atoms with Crippen LogP contribution in [0.1, 0.15) is 17.5 Å². The maximum Gasteiger partial charge on any atom is 0.262 e. The Kier molecular flexibility index (Phi) is 4.07. The molecule has 96 valence electrons. The van der Waals surface area contributed by atoms with Crippen LogP contribution in [0.4, 0.5) is 0 Å². The second kappa shape index (κ2) is 5.51. The van der Waals surface area contributed by atoms with Crippen LogP contribution in [0.15, 0.2) is 0 Å². The van der Waals surface area contributed by atoms with Crippen molar-refractivity contribution in [2.75, 3.05) is 0 Å². The lowest BCUT2D eigenvalue weighted by molar-refractivity contribution is -0.503. The Labute approximate surface area is 98.1 Å². The van der Waals surface area contributed by atoms with E-state index in [1.165, 1.54) is 0 Å². The van der Waals surface area contributed by atoms with Gasteiger partial charge in [-0.15, -0.1) is 0 Å². The summed E-state index contributed by atoms with van der Waals surface area (Å²) in [6.07, 6.45) is 0. The smallest absolute Gasteiger partial charge is 0.262 e. The van der Waals surface area contributed by atoms with Crippen LogP contribution in [-0.2, 0) is 19.6 Å². The summed E-state index contributed by atoms with van der Waals surface area (Å²) in [4.78, 5) is 39.1. The molecule has 12 nitrogen and oxygen atoms in total. The molecule has 0 bridgehead atoms. The van der Waals surface area contributed by atoms with E-state index < -0.39 is 34.4 Å². The quantitative estimate of drug-likeness (QED) is 0.468. The van der Waals surface area contributed by atoms with Crippen LogP contribution >= 0.6 is 0 Å². The van der Waals surface area contributed by atoms with Crippen molar-refractivity contribution in [3.8, 4) is 0 Å². The standard InChI is InChI=1S/C6H6N6O6/c13-10(14)1-4-7-5(2-11(15)16)9-6(8-4)3-12(17)18/h1-3H2. The van der Waals surface area contributed by atoms with Crippen molar-refractivity contribution >= 4 is 0 Å². The van der Waals surface area contributed by atoms with Gasteiger partial charge in [0, 0.05) is 14.8 Å². The zero-order chi connectivity index (χ0) is 13.7. The van der Waals surface area contributed by atoms with Crippen molar-refractivity contribution in [2.45, 2.75) is 19.6 Å². The van der Waals surface area contributed by atoms with Crippen LogP contribution in [0.5, 0.6) is 0 Å². The maximum atomic E-state index is 10.3.